The molecule has 4 rings (SSSR count). The Balaban J connectivity index is 1.69. The van der Waals surface area contributed by atoms with E-state index in [4.69, 9.17) is 0 Å². The number of carbonyl (C=O) groups excluding carboxylic acids is 1. The summed E-state index contributed by atoms with van der Waals surface area (Å²) in [6.45, 7) is 1.26. The lowest BCUT2D eigenvalue weighted by molar-refractivity contribution is 0.192. The van der Waals surface area contributed by atoms with E-state index in [1.807, 2.05) is 0 Å². The average Bonchev–Trinajstić information content (AvgIpc) is 3.11. The molecule has 0 spiro atoms. The number of hydrogen-bond donors (Lipinski definition) is 0. The third kappa shape index (κ3) is 2.03. The van der Waals surface area contributed by atoms with Crippen molar-refractivity contribution in [3.63, 3.8) is 0 Å². The molecule has 1 aromatic carbocycles. The van der Waals surface area contributed by atoms with Crippen molar-refractivity contribution in [1.82, 2.24) is 14.7 Å². The van der Waals surface area contributed by atoms with Gasteiger partial charge in [-0.1, -0.05) is 0 Å². The molecule has 21 heavy (non-hydrogen) atoms. The van der Waals surface area contributed by atoms with Crippen LogP contribution < -0.4 is 0 Å². The minimum absolute atomic E-state index is 0.201. The zero-order chi connectivity index (χ0) is 14.4. The lowest BCUT2D eigenvalue weighted by Crippen LogP contribution is -2.38. The fourth-order valence-electron chi connectivity index (χ4n) is 2.69. The summed E-state index contributed by atoms with van der Waals surface area (Å²) in [5.74, 6) is -0.365. The molecule has 0 unspecified atom stereocenters. The Hall–Kier alpha value is -2.21. The van der Waals surface area contributed by atoms with Gasteiger partial charge in [-0.25, -0.2) is 9.18 Å². The van der Waals surface area contributed by atoms with Crippen molar-refractivity contribution >= 4 is 28.3 Å². The van der Waals surface area contributed by atoms with E-state index < -0.39 is 0 Å². The van der Waals surface area contributed by atoms with Crippen molar-refractivity contribution < 1.29 is 9.18 Å². The molecule has 0 saturated heterocycles. The van der Waals surface area contributed by atoms with E-state index in [2.05, 4.69) is 16.5 Å². The first kappa shape index (κ1) is 12.5. The number of rotatable bonds is 0. The van der Waals surface area contributed by atoms with Gasteiger partial charge in [0, 0.05) is 29.4 Å². The number of fused-ring (bicyclic) bond motifs is 2. The van der Waals surface area contributed by atoms with Crippen LogP contribution >= 0.6 is 11.3 Å². The largest absolute Gasteiger partial charge is 0.345 e. The summed E-state index contributed by atoms with van der Waals surface area (Å²) in [7, 11) is 0. The first-order chi connectivity index (χ1) is 10.2. The van der Waals surface area contributed by atoms with Gasteiger partial charge in [-0.3, -0.25) is 0 Å². The highest BCUT2D eigenvalue weighted by Gasteiger charge is 2.24. The van der Waals surface area contributed by atoms with Gasteiger partial charge >= 0.3 is 6.03 Å². The normalized spacial score (nSPS) is 14.4. The van der Waals surface area contributed by atoms with Gasteiger partial charge in [0.15, 0.2) is 0 Å². The molecule has 0 N–H and O–H groups in total. The van der Waals surface area contributed by atoms with Crippen LogP contribution in [0.5, 0.6) is 0 Å². The van der Waals surface area contributed by atoms with Crippen LogP contribution in [0.4, 0.5) is 9.18 Å². The summed E-state index contributed by atoms with van der Waals surface area (Å²) >= 11 is 1.73. The van der Waals surface area contributed by atoms with Crippen LogP contribution in [0.2, 0.25) is 0 Å². The Bertz CT molecular complexity index is 838. The summed E-state index contributed by atoms with van der Waals surface area (Å²) in [5.41, 5.74) is 1.71. The maximum absolute atomic E-state index is 13.4. The van der Waals surface area contributed by atoms with Crippen LogP contribution in [0.1, 0.15) is 10.4 Å². The summed E-state index contributed by atoms with van der Waals surface area (Å²) in [6.07, 6.45) is 2.46. The molecule has 4 nitrogen and oxygen atoms in total. The maximum atomic E-state index is 13.4. The third-order valence-corrected chi connectivity index (χ3v) is 4.82. The first-order valence-corrected chi connectivity index (χ1v) is 7.58. The van der Waals surface area contributed by atoms with Gasteiger partial charge < -0.3 is 4.90 Å². The fraction of sp³-hybridized carbons (Fsp3) is 0.200. The summed E-state index contributed by atoms with van der Waals surface area (Å²) < 4.78 is 14.7. The molecule has 106 valence electrons. The minimum atomic E-state index is -0.365. The number of nitrogens with zero attached hydrogens (tertiary/aromatic N) is 3. The molecule has 0 bridgehead atoms. The van der Waals surface area contributed by atoms with E-state index in [0.717, 1.165) is 11.8 Å². The van der Waals surface area contributed by atoms with Gasteiger partial charge in [0.2, 0.25) is 0 Å². The Morgan fingerprint density at radius 1 is 1.33 bits per heavy atom. The smallest absolute Gasteiger partial charge is 0.318 e. The highest BCUT2D eigenvalue weighted by molar-refractivity contribution is 7.10. The van der Waals surface area contributed by atoms with E-state index in [-0.39, 0.29) is 11.8 Å². The predicted octanol–water partition coefficient (Wildman–Crippen LogP) is 3.26. The second kappa shape index (κ2) is 4.66. The molecule has 0 saturated carbocycles. The van der Waals surface area contributed by atoms with Crippen molar-refractivity contribution in [1.29, 1.82) is 0 Å². The highest BCUT2D eigenvalue weighted by atomic mass is 32.1. The van der Waals surface area contributed by atoms with Crippen LogP contribution in [0.25, 0.3) is 10.9 Å². The Morgan fingerprint density at radius 3 is 3.14 bits per heavy atom. The molecule has 0 radical (unpaired) electrons. The molecule has 0 aliphatic carbocycles. The predicted molar refractivity (Wildman–Crippen MR) is 78.9 cm³/mol. The molecule has 0 atom stereocenters. The monoisotopic (exact) mass is 301 g/mol. The Morgan fingerprint density at radius 2 is 2.24 bits per heavy atom. The van der Waals surface area contributed by atoms with Crippen LogP contribution in [0.3, 0.4) is 0 Å². The highest BCUT2D eigenvalue weighted by Crippen LogP contribution is 2.25. The molecule has 6 heteroatoms. The Labute approximate surface area is 124 Å². The van der Waals surface area contributed by atoms with E-state index >= 15 is 0 Å². The van der Waals surface area contributed by atoms with Crippen LogP contribution in [0.15, 0.2) is 35.8 Å². The number of aromatic nitrogens is 2. The summed E-state index contributed by atoms with van der Waals surface area (Å²) in [5, 5.41) is 6.93. The number of halogens is 1. The quantitative estimate of drug-likeness (QED) is 0.639. The fourth-order valence-corrected chi connectivity index (χ4v) is 3.58. The number of thiophene rings is 1. The minimum Gasteiger partial charge on any atom is -0.318 e. The molecule has 2 aromatic heterocycles. The lowest BCUT2D eigenvalue weighted by atomic mass is 10.1. The Kier molecular flexibility index (Phi) is 2.78. The van der Waals surface area contributed by atoms with E-state index in [0.29, 0.717) is 18.6 Å². The van der Waals surface area contributed by atoms with Gasteiger partial charge in [0.25, 0.3) is 0 Å². The first-order valence-electron chi connectivity index (χ1n) is 6.70. The molecule has 1 aliphatic heterocycles. The van der Waals surface area contributed by atoms with Gasteiger partial charge in [-0.05, 0) is 35.6 Å². The van der Waals surface area contributed by atoms with Crippen molar-refractivity contribution in [3.8, 4) is 0 Å². The van der Waals surface area contributed by atoms with Crippen LogP contribution in [-0.4, -0.2) is 27.3 Å². The molecular formula is C15H12FN3OS. The summed E-state index contributed by atoms with van der Waals surface area (Å²) in [4.78, 5) is 15.7. The van der Waals surface area contributed by atoms with Gasteiger partial charge in [-0.15, -0.1) is 11.3 Å². The van der Waals surface area contributed by atoms with E-state index in [1.165, 1.54) is 27.3 Å². The lowest BCUT2D eigenvalue weighted by Gasteiger charge is -2.26. The number of hydrogen-bond acceptors (Lipinski definition) is 3. The summed E-state index contributed by atoms with van der Waals surface area (Å²) in [6, 6.07) is 6.21. The van der Waals surface area contributed by atoms with Crippen molar-refractivity contribution in [3.05, 3.63) is 52.1 Å². The SMILES string of the molecule is O=C(N1CCc2sccc2C1)n1ncc2ccc(F)cc21. The van der Waals surface area contributed by atoms with Gasteiger partial charge in [-0.2, -0.15) is 9.78 Å². The molecule has 0 fully saturated rings. The zero-order valence-electron chi connectivity index (χ0n) is 11.1. The topological polar surface area (TPSA) is 38.1 Å². The van der Waals surface area contributed by atoms with Crippen molar-refractivity contribution in [2.24, 2.45) is 0 Å². The molecule has 1 aliphatic rings. The zero-order valence-corrected chi connectivity index (χ0v) is 11.9. The van der Waals surface area contributed by atoms with E-state index in [1.54, 1.807) is 28.5 Å². The van der Waals surface area contributed by atoms with Crippen LogP contribution in [-0.2, 0) is 13.0 Å². The maximum Gasteiger partial charge on any atom is 0.345 e. The van der Waals surface area contributed by atoms with Gasteiger partial charge in [0.05, 0.1) is 11.7 Å². The average molecular weight is 301 g/mol. The third-order valence-electron chi connectivity index (χ3n) is 3.79. The van der Waals surface area contributed by atoms with Gasteiger partial charge in [0.1, 0.15) is 5.82 Å². The second-order valence-electron chi connectivity index (χ2n) is 5.08. The number of carbonyl (C=O) groups is 1. The molecular weight excluding hydrogens is 289 g/mol. The molecule has 3 heterocycles. The van der Waals surface area contributed by atoms with E-state index in [9.17, 15) is 9.18 Å². The number of amides is 1. The standard InChI is InChI=1S/C15H12FN3OS/c16-12-2-1-10-8-17-19(13(10)7-12)15(20)18-5-3-14-11(9-18)4-6-21-14/h1-2,4,6-8H,3,5,9H2. The second-order valence-corrected chi connectivity index (χ2v) is 6.08. The number of benzene rings is 1. The molecule has 1 amide bonds. The molecule has 3 aromatic rings. The van der Waals surface area contributed by atoms with Crippen molar-refractivity contribution in [2.75, 3.05) is 6.54 Å². The van der Waals surface area contributed by atoms with Crippen LogP contribution in [0, 0.1) is 5.82 Å². The van der Waals surface area contributed by atoms with Crippen molar-refractivity contribution in [2.45, 2.75) is 13.0 Å².